The third kappa shape index (κ3) is 5.59. The third-order valence-corrected chi connectivity index (χ3v) is 3.96. The molecule has 0 aromatic carbocycles. The van der Waals surface area contributed by atoms with E-state index in [0.29, 0.717) is 0 Å². The Morgan fingerprint density at radius 3 is 2.95 bits per heavy atom. The summed E-state index contributed by atoms with van der Waals surface area (Å²) in [6.45, 7) is 11.5. The summed E-state index contributed by atoms with van der Waals surface area (Å²) in [6, 6.07) is 4.21. The molecule has 2 heterocycles. The van der Waals surface area contributed by atoms with Gasteiger partial charge in [-0.3, -0.25) is 4.98 Å². The highest BCUT2D eigenvalue weighted by Gasteiger charge is 2.21. The van der Waals surface area contributed by atoms with Crippen molar-refractivity contribution in [2.75, 3.05) is 26.2 Å². The van der Waals surface area contributed by atoms with Crippen LogP contribution in [0.4, 0.5) is 0 Å². The van der Waals surface area contributed by atoms with Crippen LogP contribution in [0, 0.1) is 5.92 Å². The van der Waals surface area contributed by atoms with Crippen LogP contribution in [0.2, 0.25) is 0 Å². The maximum atomic E-state index is 4.19. The fraction of sp³-hybridized carbons (Fsp3) is 0.706. The predicted molar refractivity (Wildman–Crippen MR) is 84.9 cm³/mol. The lowest BCUT2D eigenvalue weighted by molar-refractivity contribution is 0.168. The third-order valence-electron chi connectivity index (χ3n) is 3.96. The number of nitrogens with one attached hydrogen (secondary N) is 1. The van der Waals surface area contributed by atoms with Crippen LogP contribution in [0.5, 0.6) is 0 Å². The Bertz CT molecular complexity index is 383. The van der Waals surface area contributed by atoms with Gasteiger partial charge in [0.05, 0.1) is 0 Å². The molecule has 1 aromatic rings. The average molecular weight is 275 g/mol. The van der Waals surface area contributed by atoms with Gasteiger partial charge in [-0.2, -0.15) is 0 Å². The van der Waals surface area contributed by atoms with Gasteiger partial charge < -0.3 is 10.2 Å². The van der Waals surface area contributed by atoms with Gasteiger partial charge in [0.25, 0.3) is 0 Å². The lowest BCUT2D eigenvalue weighted by atomic mass is 9.96. The molecule has 1 N–H and O–H groups in total. The van der Waals surface area contributed by atoms with Gasteiger partial charge in [-0.1, -0.05) is 6.07 Å². The Morgan fingerprint density at radius 1 is 1.40 bits per heavy atom. The monoisotopic (exact) mass is 275 g/mol. The molecule has 3 nitrogen and oxygen atoms in total. The first-order chi connectivity index (χ1) is 9.53. The van der Waals surface area contributed by atoms with E-state index < -0.39 is 0 Å². The molecule has 1 aliphatic heterocycles. The van der Waals surface area contributed by atoms with Gasteiger partial charge in [-0.15, -0.1) is 0 Å². The summed E-state index contributed by atoms with van der Waals surface area (Å²) >= 11 is 0. The summed E-state index contributed by atoms with van der Waals surface area (Å²) in [6.07, 6.45) is 7.66. The topological polar surface area (TPSA) is 28.2 Å². The number of hydrogen-bond acceptors (Lipinski definition) is 3. The molecule has 1 saturated heterocycles. The summed E-state index contributed by atoms with van der Waals surface area (Å²) in [5.74, 6) is 0.803. The number of aromatic nitrogens is 1. The van der Waals surface area contributed by atoms with E-state index in [4.69, 9.17) is 0 Å². The van der Waals surface area contributed by atoms with Crippen molar-refractivity contribution in [1.82, 2.24) is 15.2 Å². The molecular weight excluding hydrogens is 246 g/mol. The van der Waals surface area contributed by atoms with E-state index in [1.165, 1.54) is 31.5 Å². The van der Waals surface area contributed by atoms with E-state index in [1.807, 2.05) is 18.5 Å². The average Bonchev–Trinajstić information content (AvgIpc) is 2.44. The van der Waals surface area contributed by atoms with Crippen LogP contribution >= 0.6 is 0 Å². The zero-order chi connectivity index (χ0) is 14.4. The molecule has 20 heavy (non-hydrogen) atoms. The van der Waals surface area contributed by atoms with Gasteiger partial charge in [0, 0.05) is 31.0 Å². The number of rotatable bonds is 5. The molecule has 0 amide bonds. The lowest BCUT2D eigenvalue weighted by Gasteiger charge is -2.34. The second kappa shape index (κ2) is 7.19. The predicted octanol–water partition coefficient (Wildman–Crippen LogP) is 2.72. The molecule has 0 spiro atoms. The fourth-order valence-electron chi connectivity index (χ4n) is 2.80. The van der Waals surface area contributed by atoms with Crippen LogP contribution in [-0.4, -0.2) is 41.6 Å². The molecule has 2 rings (SSSR count). The zero-order valence-corrected chi connectivity index (χ0v) is 13.2. The second-order valence-corrected chi connectivity index (χ2v) is 7.05. The minimum absolute atomic E-state index is 0.234. The van der Waals surface area contributed by atoms with Crippen LogP contribution in [0.15, 0.2) is 24.5 Å². The van der Waals surface area contributed by atoms with Gasteiger partial charge in [-0.25, -0.2) is 0 Å². The van der Waals surface area contributed by atoms with E-state index in [0.717, 1.165) is 25.4 Å². The molecule has 0 saturated carbocycles. The number of likely N-dealkylation sites (tertiary alicyclic amines) is 1. The maximum absolute atomic E-state index is 4.19. The quantitative estimate of drug-likeness (QED) is 0.895. The summed E-state index contributed by atoms with van der Waals surface area (Å²) < 4.78 is 0. The summed E-state index contributed by atoms with van der Waals surface area (Å²) in [5, 5.41) is 3.65. The van der Waals surface area contributed by atoms with E-state index in [2.05, 4.69) is 42.0 Å². The first kappa shape index (κ1) is 15.5. The summed E-state index contributed by atoms with van der Waals surface area (Å²) in [5.41, 5.74) is 1.58. The molecule has 1 fully saturated rings. The minimum atomic E-state index is 0.234. The van der Waals surface area contributed by atoms with E-state index in [-0.39, 0.29) is 5.54 Å². The van der Waals surface area contributed by atoms with Crippen LogP contribution in [0.1, 0.15) is 39.2 Å². The van der Waals surface area contributed by atoms with Crippen molar-refractivity contribution >= 4 is 0 Å². The Hall–Kier alpha value is -0.930. The molecule has 1 aliphatic rings. The van der Waals surface area contributed by atoms with Gasteiger partial charge in [-0.05, 0) is 70.7 Å². The highest BCUT2D eigenvalue weighted by Crippen LogP contribution is 2.17. The van der Waals surface area contributed by atoms with Crippen LogP contribution in [-0.2, 0) is 6.42 Å². The van der Waals surface area contributed by atoms with Gasteiger partial charge in [0.15, 0.2) is 0 Å². The lowest BCUT2D eigenvalue weighted by Crippen LogP contribution is -2.45. The molecule has 0 aliphatic carbocycles. The van der Waals surface area contributed by atoms with Crippen molar-refractivity contribution in [3.8, 4) is 0 Å². The van der Waals surface area contributed by atoms with Crippen LogP contribution < -0.4 is 5.32 Å². The first-order valence-electron chi connectivity index (χ1n) is 7.89. The van der Waals surface area contributed by atoms with Crippen molar-refractivity contribution in [3.63, 3.8) is 0 Å². The van der Waals surface area contributed by atoms with Crippen molar-refractivity contribution in [2.45, 2.75) is 45.6 Å². The number of nitrogens with zero attached hydrogens (tertiary/aromatic N) is 2. The van der Waals surface area contributed by atoms with Gasteiger partial charge in [0.1, 0.15) is 0 Å². The largest absolute Gasteiger partial charge is 0.312 e. The van der Waals surface area contributed by atoms with E-state index in [1.54, 1.807) is 0 Å². The Labute approximate surface area is 123 Å². The maximum Gasteiger partial charge on any atom is 0.0300 e. The van der Waals surface area contributed by atoms with Crippen molar-refractivity contribution in [3.05, 3.63) is 30.1 Å². The highest BCUT2D eigenvalue weighted by atomic mass is 15.1. The van der Waals surface area contributed by atoms with Crippen LogP contribution in [0.3, 0.4) is 0 Å². The fourth-order valence-corrected chi connectivity index (χ4v) is 2.80. The Kier molecular flexibility index (Phi) is 5.55. The molecule has 112 valence electrons. The van der Waals surface area contributed by atoms with Gasteiger partial charge >= 0.3 is 0 Å². The van der Waals surface area contributed by atoms with E-state index >= 15 is 0 Å². The number of hydrogen-bond donors (Lipinski definition) is 1. The molecule has 0 radical (unpaired) electrons. The number of pyridine rings is 1. The summed E-state index contributed by atoms with van der Waals surface area (Å²) in [7, 11) is 0. The SMILES string of the molecule is CC(C)(C)NCC1CCCN(CCc2cccnc2)C1. The van der Waals surface area contributed by atoms with E-state index in [9.17, 15) is 0 Å². The molecule has 1 unspecified atom stereocenters. The van der Waals surface area contributed by atoms with Gasteiger partial charge in [0.2, 0.25) is 0 Å². The molecule has 0 bridgehead atoms. The molecule has 3 heteroatoms. The minimum Gasteiger partial charge on any atom is -0.312 e. The smallest absolute Gasteiger partial charge is 0.0300 e. The molecule has 1 aromatic heterocycles. The zero-order valence-electron chi connectivity index (χ0n) is 13.2. The first-order valence-corrected chi connectivity index (χ1v) is 7.89. The van der Waals surface area contributed by atoms with Crippen molar-refractivity contribution < 1.29 is 0 Å². The Balaban J connectivity index is 1.73. The second-order valence-electron chi connectivity index (χ2n) is 7.05. The number of piperidine rings is 1. The highest BCUT2D eigenvalue weighted by molar-refractivity contribution is 5.08. The van der Waals surface area contributed by atoms with Crippen molar-refractivity contribution in [1.29, 1.82) is 0 Å². The molecule has 1 atom stereocenters. The van der Waals surface area contributed by atoms with Crippen LogP contribution in [0.25, 0.3) is 0 Å². The Morgan fingerprint density at radius 2 is 2.25 bits per heavy atom. The molecular formula is C17H29N3. The van der Waals surface area contributed by atoms with Crippen molar-refractivity contribution in [2.24, 2.45) is 5.92 Å². The standard InChI is InChI=1S/C17H29N3/c1-17(2,3)19-13-16-7-5-10-20(14-16)11-8-15-6-4-9-18-12-15/h4,6,9,12,16,19H,5,7-8,10-11,13-14H2,1-3H3. The summed E-state index contributed by atoms with van der Waals surface area (Å²) in [4.78, 5) is 6.81. The normalized spacial score (nSPS) is 21.1.